The molecule has 0 aromatic heterocycles. The summed E-state index contributed by atoms with van der Waals surface area (Å²) in [6.45, 7) is 5.09. The minimum absolute atomic E-state index is 0.0632. The normalized spacial score (nSPS) is 13.0. The van der Waals surface area contributed by atoms with Crippen molar-refractivity contribution in [2.75, 3.05) is 24.2 Å². The Morgan fingerprint density at radius 2 is 1.76 bits per heavy atom. The Balaban J connectivity index is 2.38. The fourth-order valence-corrected chi connectivity index (χ4v) is 4.18. The van der Waals surface area contributed by atoms with E-state index >= 15 is 0 Å². The van der Waals surface area contributed by atoms with Gasteiger partial charge in [0.25, 0.3) is 0 Å². The molecule has 2 aromatic carbocycles. The summed E-state index contributed by atoms with van der Waals surface area (Å²) in [6, 6.07) is 12.5. The lowest BCUT2D eigenvalue weighted by atomic mass is 10.1. The van der Waals surface area contributed by atoms with Gasteiger partial charge in [0.05, 0.1) is 19.1 Å². The standard InChI is InChI=1S/C24H32ClN3O5S/c1-6-17(2)26-24(30)18(3)27(15-19-10-12-20(25)13-11-19)23(29)16-28(34(5,31)32)21-8-7-9-22(14-21)33-4/h7-14,17-18H,6,15-16H2,1-5H3,(H,26,30). The second-order valence-electron chi connectivity index (χ2n) is 8.11. The maximum atomic E-state index is 13.5. The van der Waals surface area contributed by atoms with E-state index in [1.54, 1.807) is 49.4 Å². The smallest absolute Gasteiger partial charge is 0.244 e. The van der Waals surface area contributed by atoms with E-state index in [2.05, 4.69) is 5.32 Å². The molecule has 2 atom stereocenters. The molecule has 2 amide bonds. The number of halogens is 1. The first kappa shape index (κ1) is 27.5. The van der Waals surface area contributed by atoms with Crippen LogP contribution in [0.25, 0.3) is 0 Å². The highest BCUT2D eigenvalue weighted by Gasteiger charge is 2.30. The number of benzene rings is 2. The third-order valence-electron chi connectivity index (χ3n) is 5.46. The second kappa shape index (κ2) is 12.1. The zero-order chi connectivity index (χ0) is 25.5. The van der Waals surface area contributed by atoms with Crippen LogP contribution < -0.4 is 14.4 Å². The average molecular weight is 510 g/mol. The fraction of sp³-hybridized carbons (Fsp3) is 0.417. The maximum Gasteiger partial charge on any atom is 0.244 e. The zero-order valence-corrected chi connectivity index (χ0v) is 21.7. The number of anilines is 1. The van der Waals surface area contributed by atoms with E-state index in [0.29, 0.717) is 16.5 Å². The number of amides is 2. The van der Waals surface area contributed by atoms with Gasteiger partial charge < -0.3 is 15.0 Å². The quantitative estimate of drug-likeness (QED) is 0.500. The van der Waals surface area contributed by atoms with E-state index in [9.17, 15) is 18.0 Å². The predicted molar refractivity (Wildman–Crippen MR) is 135 cm³/mol. The van der Waals surface area contributed by atoms with Gasteiger partial charge in [-0.3, -0.25) is 13.9 Å². The van der Waals surface area contributed by atoms with Crippen LogP contribution in [0.15, 0.2) is 48.5 Å². The Morgan fingerprint density at radius 3 is 2.32 bits per heavy atom. The number of nitrogens with one attached hydrogen (secondary N) is 1. The summed E-state index contributed by atoms with van der Waals surface area (Å²) >= 11 is 5.98. The van der Waals surface area contributed by atoms with Gasteiger partial charge in [-0.05, 0) is 50.1 Å². The van der Waals surface area contributed by atoms with E-state index in [0.717, 1.165) is 22.5 Å². The topological polar surface area (TPSA) is 96.0 Å². The van der Waals surface area contributed by atoms with Crippen LogP contribution in [0, 0.1) is 0 Å². The Kier molecular flexibility index (Phi) is 9.76. The molecule has 0 aliphatic rings. The molecule has 2 aromatic rings. The van der Waals surface area contributed by atoms with Crippen molar-refractivity contribution >= 4 is 39.1 Å². The molecule has 2 unspecified atom stereocenters. The molecular weight excluding hydrogens is 478 g/mol. The molecule has 34 heavy (non-hydrogen) atoms. The van der Waals surface area contributed by atoms with Crippen LogP contribution in [0.3, 0.4) is 0 Å². The van der Waals surface area contributed by atoms with Crippen molar-refractivity contribution in [2.24, 2.45) is 0 Å². The lowest BCUT2D eigenvalue weighted by Gasteiger charge is -2.32. The molecule has 2 rings (SSSR count). The lowest BCUT2D eigenvalue weighted by Crippen LogP contribution is -2.52. The Hall–Kier alpha value is -2.78. The van der Waals surface area contributed by atoms with Crippen molar-refractivity contribution in [1.82, 2.24) is 10.2 Å². The first-order valence-corrected chi connectivity index (χ1v) is 13.1. The molecule has 10 heteroatoms. The fourth-order valence-electron chi connectivity index (χ4n) is 3.21. The van der Waals surface area contributed by atoms with Gasteiger partial charge >= 0.3 is 0 Å². The van der Waals surface area contributed by atoms with Crippen molar-refractivity contribution in [1.29, 1.82) is 0 Å². The Labute approximate surface area is 206 Å². The number of sulfonamides is 1. The summed E-state index contributed by atoms with van der Waals surface area (Å²) < 4.78 is 31.4. The van der Waals surface area contributed by atoms with Gasteiger partial charge in [0.2, 0.25) is 21.8 Å². The summed E-state index contributed by atoms with van der Waals surface area (Å²) in [5, 5.41) is 3.43. The number of nitrogens with zero attached hydrogens (tertiary/aromatic N) is 2. The highest BCUT2D eigenvalue weighted by atomic mass is 35.5. The van der Waals surface area contributed by atoms with Crippen molar-refractivity contribution in [2.45, 2.75) is 45.8 Å². The first-order chi connectivity index (χ1) is 16.0. The second-order valence-corrected chi connectivity index (χ2v) is 10.5. The number of hydrogen-bond acceptors (Lipinski definition) is 5. The molecule has 0 bridgehead atoms. The van der Waals surface area contributed by atoms with Gasteiger partial charge in [-0.25, -0.2) is 8.42 Å². The van der Waals surface area contributed by atoms with Crippen molar-refractivity contribution < 1.29 is 22.7 Å². The van der Waals surface area contributed by atoms with Crippen LogP contribution in [0.1, 0.15) is 32.8 Å². The molecule has 0 saturated heterocycles. The molecule has 0 radical (unpaired) electrons. The molecule has 0 fully saturated rings. The molecule has 0 aliphatic carbocycles. The molecule has 0 spiro atoms. The molecule has 186 valence electrons. The number of rotatable bonds is 11. The van der Waals surface area contributed by atoms with Gasteiger partial charge in [-0.1, -0.05) is 36.7 Å². The summed E-state index contributed by atoms with van der Waals surface area (Å²) in [4.78, 5) is 27.7. The van der Waals surface area contributed by atoms with Gasteiger partial charge in [-0.15, -0.1) is 0 Å². The van der Waals surface area contributed by atoms with Gasteiger partial charge in [0, 0.05) is 23.7 Å². The number of ether oxygens (including phenoxy) is 1. The van der Waals surface area contributed by atoms with Crippen molar-refractivity contribution in [3.63, 3.8) is 0 Å². The molecule has 0 heterocycles. The summed E-state index contributed by atoms with van der Waals surface area (Å²) in [6.07, 6.45) is 1.77. The minimum Gasteiger partial charge on any atom is -0.497 e. The minimum atomic E-state index is -3.81. The Morgan fingerprint density at radius 1 is 1.12 bits per heavy atom. The highest BCUT2D eigenvalue weighted by molar-refractivity contribution is 7.92. The summed E-state index contributed by atoms with van der Waals surface area (Å²) in [7, 11) is -2.33. The number of carbonyl (C=O) groups excluding carboxylic acids is 2. The molecule has 0 aliphatic heterocycles. The predicted octanol–water partition coefficient (Wildman–Crippen LogP) is 3.45. The van der Waals surface area contributed by atoms with Gasteiger partial charge in [0.1, 0.15) is 18.3 Å². The third-order valence-corrected chi connectivity index (χ3v) is 6.85. The molecule has 1 N–H and O–H groups in total. The Bertz CT molecular complexity index is 1090. The van der Waals surface area contributed by atoms with Crippen LogP contribution in [0.5, 0.6) is 5.75 Å². The van der Waals surface area contributed by atoms with Crippen LogP contribution in [0.2, 0.25) is 5.02 Å². The zero-order valence-electron chi connectivity index (χ0n) is 20.1. The van der Waals surface area contributed by atoms with E-state index < -0.39 is 28.5 Å². The SMILES string of the molecule is CCC(C)NC(=O)C(C)N(Cc1ccc(Cl)cc1)C(=O)CN(c1cccc(OC)c1)S(C)(=O)=O. The van der Waals surface area contributed by atoms with E-state index in [1.165, 1.54) is 18.1 Å². The number of methoxy groups -OCH3 is 1. The van der Waals surface area contributed by atoms with Crippen molar-refractivity contribution in [3.8, 4) is 5.75 Å². The molecule has 0 saturated carbocycles. The number of carbonyl (C=O) groups is 2. The van der Waals surface area contributed by atoms with Crippen molar-refractivity contribution in [3.05, 3.63) is 59.1 Å². The third kappa shape index (κ3) is 7.63. The summed E-state index contributed by atoms with van der Waals surface area (Å²) in [5.41, 5.74) is 1.05. The highest BCUT2D eigenvalue weighted by Crippen LogP contribution is 2.24. The summed E-state index contributed by atoms with van der Waals surface area (Å²) in [5.74, 6) is -0.378. The monoisotopic (exact) mass is 509 g/mol. The average Bonchev–Trinajstić information content (AvgIpc) is 2.80. The van der Waals surface area contributed by atoms with Crippen LogP contribution in [-0.2, 0) is 26.2 Å². The molecule has 8 nitrogen and oxygen atoms in total. The van der Waals surface area contributed by atoms with Crippen LogP contribution >= 0.6 is 11.6 Å². The van der Waals surface area contributed by atoms with Crippen LogP contribution in [-0.4, -0.2) is 57.1 Å². The van der Waals surface area contributed by atoms with Gasteiger partial charge in [-0.2, -0.15) is 0 Å². The van der Waals surface area contributed by atoms with E-state index in [1.807, 2.05) is 13.8 Å². The molecular formula is C24H32ClN3O5S. The largest absolute Gasteiger partial charge is 0.497 e. The first-order valence-electron chi connectivity index (χ1n) is 10.9. The van der Waals surface area contributed by atoms with Crippen LogP contribution in [0.4, 0.5) is 5.69 Å². The van der Waals surface area contributed by atoms with E-state index in [-0.39, 0.29) is 18.5 Å². The lowest BCUT2D eigenvalue weighted by molar-refractivity contribution is -0.139. The van der Waals surface area contributed by atoms with E-state index in [4.69, 9.17) is 16.3 Å². The maximum absolute atomic E-state index is 13.5. The van der Waals surface area contributed by atoms with Gasteiger partial charge in [0.15, 0.2) is 0 Å². The number of hydrogen-bond donors (Lipinski definition) is 1.